The van der Waals surface area contributed by atoms with Crippen LogP contribution in [-0.2, 0) is 7.05 Å². The number of pyridine rings is 1. The number of anilines is 1. The zero-order valence-electron chi connectivity index (χ0n) is 11.3. The molecule has 1 unspecified atom stereocenters. The van der Waals surface area contributed by atoms with Crippen LogP contribution in [0.1, 0.15) is 18.8 Å². The normalized spacial score (nSPS) is 12.5. The number of rotatable bonds is 3. The average Bonchev–Trinajstić information content (AvgIpc) is 2.99. The molecular formula is C14H15N5O. The van der Waals surface area contributed by atoms with Crippen LogP contribution in [0.2, 0.25) is 0 Å². The lowest BCUT2D eigenvalue weighted by Gasteiger charge is -2.15. The number of para-hydroxylation sites is 1. The third-order valence-electron chi connectivity index (χ3n) is 3.37. The number of benzene rings is 1. The van der Waals surface area contributed by atoms with Gasteiger partial charge in [-0.3, -0.25) is 9.89 Å². The maximum absolute atomic E-state index is 12.0. The molecule has 3 aromatic rings. The molecule has 0 fully saturated rings. The molecule has 0 radical (unpaired) electrons. The van der Waals surface area contributed by atoms with E-state index in [1.165, 1.54) is 6.33 Å². The zero-order chi connectivity index (χ0) is 14.1. The average molecular weight is 269 g/mol. The van der Waals surface area contributed by atoms with Crippen LogP contribution in [0, 0.1) is 0 Å². The van der Waals surface area contributed by atoms with E-state index in [0.29, 0.717) is 0 Å². The van der Waals surface area contributed by atoms with Gasteiger partial charge in [0.05, 0.1) is 11.6 Å². The van der Waals surface area contributed by atoms with E-state index < -0.39 is 0 Å². The van der Waals surface area contributed by atoms with Crippen molar-refractivity contribution in [1.29, 1.82) is 0 Å². The first kappa shape index (κ1) is 12.4. The molecule has 102 valence electrons. The Kier molecular flexibility index (Phi) is 2.98. The van der Waals surface area contributed by atoms with Crippen LogP contribution < -0.4 is 10.9 Å². The lowest BCUT2D eigenvalue weighted by Crippen LogP contribution is -2.18. The quantitative estimate of drug-likeness (QED) is 0.760. The van der Waals surface area contributed by atoms with Crippen molar-refractivity contribution in [3.8, 4) is 0 Å². The maximum atomic E-state index is 12.0. The van der Waals surface area contributed by atoms with Gasteiger partial charge in [-0.05, 0) is 13.0 Å². The fourth-order valence-corrected chi connectivity index (χ4v) is 2.26. The van der Waals surface area contributed by atoms with Gasteiger partial charge in [-0.15, -0.1) is 0 Å². The highest BCUT2D eigenvalue weighted by molar-refractivity contribution is 5.91. The van der Waals surface area contributed by atoms with E-state index in [1.54, 1.807) is 17.7 Å². The molecule has 1 atom stereocenters. The van der Waals surface area contributed by atoms with E-state index in [0.717, 1.165) is 22.4 Å². The number of hydrogen-bond donors (Lipinski definition) is 2. The third kappa shape index (κ3) is 2.05. The van der Waals surface area contributed by atoms with Crippen molar-refractivity contribution in [2.75, 3.05) is 5.32 Å². The summed E-state index contributed by atoms with van der Waals surface area (Å²) in [6.07, 6.45) is 1.47. The van der Waals surface area contributed by atoms with Gasteiger partial charge in [-0.2, -0.15) is 5.10 Å². The van der Waals surface area contributed by atoms with Gasteiger partial charge in [-0.1, -0.05) is 18.2 Å². The lowest BCUT2D eigenvalue weighted by atomic mass is 10.1. The van der Waals surface area contributed by atoms with E-state index >= 15 is 0 Å². The Hall–Kier alpha value is -2.63. The van der Waals surface area contributed by atoms with Gasteiger partial charge in [-0.25, -0.2) is 4.98 Å². The van der Waals surface area contributed by atoms with Crippen LogP contribution in [0.3, 0.4) is 0 Å². The summed E-state index contributed by atoms with van der Waals surface area (Å²) >= 11 is 0. The van der Waals surface area contributed by atoms with Crippen molar-refractivity contribution in [3.63, 3.8) is 0 Å². The van der Waals surface area contributed by atoms with Gasteiger partial charge in [0.25, 0.3) is 5.56 Å². The molecule has 20 heavy (non-hydrogen) atoms. The molecule has 6 heteroatoms. The second-order valence-electron chi connectivity index (χ2n) is 4.71. The van der Waals surface area contributed by atoms with E-state index in [4.69, 9.17) is 0 Å². The largest absolute Gasteiger partial charge is 0.375 e. The SMILES string of the molecule is CC(Nc1cc(=O)n(C)c2ccccc12)c1ncn[nH]1. The van der Waals surface area contributed by atoms with Gasteiger partial charge in [0.15, 0.2) is 0 Å². The van der Waals surface area contributed by atoms with Crippen LogP contribution >= 0.6 is 0 Å². The van der Waals surface area contributed by atoms with Crippen molar-refractivity contribution < 1.29 is 0 Å². The summed E-state index contributed by atoms with van der Waals surface area (Å²) in [6.45, 7) is 1.97. The van der Waals surface area contributed by atoms with Gasteiger partial charge in [0, 0.05) is 24.2 Å². The fourth-order valence-electron chi connectivity index (χ4n) is 2.26. The smallest absolute Gasteiger partial charge is 0.252 e. The minimum Gasteiger partial charge on any atom is -0.375 e. The molecule has 0 saturated heterocycles. The third-order valence-corrected chi connectivity index (χ3v) is 3.37. The van der Waals surface area contributed by atoms with Crippen LogP contribution in [0.25, 0.3) is 10.9 Å². The molecule has 0 spiro atoms. The predicted octanol–water partition coefficient (Wildman–Crippen LogP) is 1.83. The molecule has 2 aromatic heterocycles. The summed E-state index contributed by atoms with van der Waals surface area (Å²) in [5, 5.41) is 11.0. The van der Waals surface area contributed by atoms with Gasteiger partial charge in [0.1, 0.15) is 12.2 Å². The molecule has 0 aliphatic rings. The Bertz CT molecular complexity index is 791. The maximum Gasteiger partial charge on any atom is 0.252 e. The van der Waals surface area contributed by atoms with Crippen molar-refractivity contribution in [2.45, 2.75) is 13.0 Å². The number of aromatic nitrogens is 4. The number of H-pyrrole nitrogens is 1. The molecule has 3 rings (SSSR count). The molecule has 0 aliphatic carbocycles. The molecule has 1 aromatic carbocycles. The highest BCUT2D eigenvalue weighted by Crippen LogP contribution is 2.24. The van der Waals surface area contributed by atoms with E-state index in [2.05, 4.69) is 20.5 Å². The first-order chi connectivity index (χ1) is 9.66. The van der Waals surface area contributed by atoms with Crippen molar-refractivity contribution in [1.82, 2.24) is 19.7 Å². The highest BCUT2D eigenvalue weighted by atomic mass is 16.1. The summed E-state index contributed by atoms with van der Waals surface area (Å²) in [6, 6.07) is 9.34. The van der Waals surface area contributed by atoms with E-state index in [-0.39, 0.29) is 11.6 Å². The summed E-state index contributed by atoms with van der Waals surface area (Å²) in [5.74, 6) is 0.731. The van der Waals surface area contributed by atoms with Crippen LogP contribution in [0.15, 0.2) is 41.5 Å². The minimum atomic E-state index is -0.0620. The molecule has 0 bridgehead atoms. The van der Waals surface area contributed by atoms with Gasteiger partial charge in [0.2, 0.25) is 0 Å². The van der Waals surface area contributed by atoms with Crippen molar-refractivity contribution >= 4 is 16.6 Å². The molecule has 0 saturated carbocycles. The summed E-state index contributed by atoms with van der Waals surface area (Å²) < 4.78 is 1.64. The summed E-state index contributed by atoms with van der Waals surface area (Å²) in [7, 11) is 1.77. The highest BCUT2D eigenvalue weighted by Gasteiger charge is 2.11. The number of fused-ring (bicyclic) bond motifs is 1. The minimum absolute atomic E-state index is 0.0454. The summed E-state index contributed by atoms with van der Waals surface area (Å²) in [5.41, 5.74) is 1.65. The number of aryl methyl sites for hydroxylation is 1. The standard InChI is InChI=1S/C14H15N5O/c1-9(14-15-8-16-18-14)17-11-7-13(20)19(2)12-6-4-3-5-10(11)12/h3-9,17H,1-2H3,(H,15,16,18). The summed E-state index contributed by atoms with van der Waals surface area (Å²) in [4.78, 5) is 16.1. The molecule has 0 aliphatic heterocycles. The van der Waals surface area contributed by atoms with E-state index in [9.17, 15) is 4.79 Å². The Morgan fingerprint density at radius 1 is 1.35 bits per heavy atom. The van der Waals surface area contributed by atoms with Crippen molar-refractivity contribution in [2.24, 2.45) is 7.05 Å². The van der Waals surface area contributed by atoms with Gasteiger partial charge >= 0.3 is 0 Å². The van der Waals surface area contributed by atoms with Gasteiger partial charge < -0.3 is 9.88 Å². The number of hydrogen-bond acceptors (Lipinski definition) is 4. The molecular weight excluding hydrogens is 254 g/mol. The number of nitrogens with one attached hydrogen (secondary N) is 2. The van der Waals surface area contributed by atoms with Crippen LogP contribution in [-0.4, -0.2) is 19.7 Å². The molecule has 2 N–H and O–H groups in total. The Labute approximate surface area is 115 Å². The fraction of sp³-hybridized carbons (Fsp3) is 0.214. The van der Waals surface area contributed by atoms with Crippen LogP contribution in [0.4, 0.5) is 5.69 Å². The first-order valence-electron chi connectivity index (χ1n) is 6.37. The Morgan fingerprint density at radius 3 is 2.90 bits per heavy atom. The molecule has 2 heterocycles. The lowest BCUT2D eigenvalue weighted by molar-refractivity contribution is 0.795. The Balaban J connectivity index is 2.08. The predicted molar refractivity (Wildman–Crippen MR) is 77.6 cm³/mol. The topological polar surface area (TPSA) is 75.6 Å². The second-order valence-corrected chi connectivity index (χ2v) is 4.71. The second kappa shape index (κ2) is 4.80. The van der Waals surface area contributed by atoms with Crippen molar-refractivity contribution in [3.05, 3.63) is 52.8 Å². The van der Waals surface area contributed by atoms with Crippen LogP contribution in [0.5, 0.6) is 0 Å². The zero-order valence-corrected chi connectivity index (χ0v) is 11.3. The molecule has 0 amide bonds. The first-order valence-corrected chi connectivity index (χ1v) is 6.37. The molecule has 6 nitrogen and oxygen atoms in total. The monoisotopic (exact) mass is 269 g/mol. The number of nitrogens with zero attached hydrogens (tertiary/aromatic N) is 3. The Morgan fingerprint density at radius 2 is 2.15 bits per heavy atom. The number of aromatic amines is 1. The van der Waals surface area contributed by atoms with E-state index in [1.807, 2.05) is 31.2 Å².